The fourth-order valence-electron chi connectivity index (χ4n) is 9.46. The number of aromatic carboxylic acids is 4. The summed E-state index contributed by atoms with van der Waals surface area (Å²) < 4.78 is 0. The van der Waals surface area contributed by atoms with Gasteiger partial charge in [-0.15, -0.1) is 0 Å². The third-order valence-electron chi connectivity index (χ3n) is 12.8. The fraction of sp³-hybridized carbons (Fsp3) is 0.380. The first-order valence-corrected chi connectivity index (χ1v) is 28.9. The van der Waals surface area contributed by atoms with E-state index in [1.807, 2.05) is 61.2 Å². The first-order chi connectivity index (χ1) is 39.7. The van der Waals surface area contributed by atoms with Gasteiger partial charge < -0.3 is 30.6 Å². The summed E-state index contributed by atoms with van der Waals surface area (Å²) in [5.41, 5.74) is 11.4. The summed E-state index contributed by atoms with van der Waals surface area (Å²) in [6, 6.07) is 22.2. The molecule has 85 heavy (non-hydrogen) atoms. The second-order valence-electron chi connectivity index (χ2n) is 23.8. The van der Waals surface area contributed by atoms with Gasteiger partial charge in [-0.2, -0.15) is 0 Å². The van der Waals surface area contributed by atoms with Gasteiger partial charge in [0.15, 0.2) is 0 Å². The van der Waals surface area contributed by atoms with Crippen molar-refractivity contribution in [1.82, 2.24) is 19.9 Å². The van der Waals surface area contributed by atoms with Crippen molar-refractivity contribution in [3.05, 3.63) is 190 Å². The second-order valence-corrected chi connectivity index (χ2v) is 23.8. The molecule has 0 saturated heterocycles. The Balaban J connectivity index is 0.000000377. The lowest BCUT2D eigenvalue weighted by molar-refractivity contribution is 0.0674. The number of carboxylic acids is 4. The van der Waals surface area contributed by atoms with E-state index in [2.05, 4.69) is 120 Å². The highest BCUT2D eigenvalue weighted by Gasteiger charge is 2.31. The van der Waals surface area contributed by atoms with Crippen LogP contribution < -0.4 is 0 Å². The molecular weight excluding hydrogens is 1070 g/mol. The number of aromatic nitrogens is 4. The number of carbonyl (C=O) groups is 4. The van der Waals surface area contributed by atoms with Gasteiger partial charge in [0.2, 0.25) is 0 Å². The molecule has 7 rings (SSSR count). The van der Waals surface area contributed by atoms with E-state index in [0.717, 1.165) is 11.8 Å². The monoisotopic (exact) mass is 1160 g/mol. The zero-order valence-corrected chi connectivity index (χ0v) is 53.4. The van der Waals surface area contributed by atoms with Crippen molar-refractivity contribution in [3.63, 3.8) is 0 Å². The van der Waals surface area contributed by atoms with Gasteiger partial charge in [-0.1, -0.05) is 149 Å². The Morgan fingerprint density at radius 2 is 0.741 bits per heavy atom. The summed E-state index contributed by atoms with van der Waals surface area (Å²) in [4.78, 5) is 62.6. The summed E-state index contributed by atoms with van der Waals surface area (Å²) in [6.45, 7) is 41.1. The molecule has 0 bridgehead atoms. The van der Waals surface area contributed by atoms with Crippen LogP contribution in [0.25, 0.3) is 39.1 Å². The topological polar surface area (TPSA) is 241 Å². The zero-order chi connectivity index (χ0) is 64.7. The van der Waals surface area contributed by atoms with Crippen molar-refractivity contribution in [1.29, 1.82) is 0 Å². The van der Waals surface area contributed by atoms with Crippen molar-refractivity contribution in [3.8, 4) is 39.1 Å². The lowest BCUT2D eigenvalue weighted by Crippen LogP contribution is -2.17. The largest absolute Gasteiger partial charge is 0.508 e. The van der Waals surface area contributed by atoms with Crippen LogP contribution in [0, 0.1) is 18.8 Å². The summed E-state index contributed by atoms with van der Waals surface area (Å²) >= 11 is 0. The lowest BCUT2D eigenvalue weighted by atomic mass is 9.82. The van der Waals surface area contributed by atoms with Gasteiger partial charge in [-0.3, -0.25) is 19.9 Å². The molecule has 0 radical (unpaired) electrons. The maximum absolute atomic E-state index is 11.7. The van der Waals surface area contributed by atoms with Crippen molar-refractivity contribution in [2.24, 2.45) is 11.8 Å². The van der Waals surface area contributed by atoms with Crippen LogP contribution in [-0.2, 0) is 0 Å². The molecule has 14 nitrogen and oxygen atoms in total. The van der Waals surface area contributed by atoms with E-state index in [4.69, 9.17) is 0 Å². The summed E-state index contributed by atoms with van der Waals surface area (Å²) in [5, 5.41) is 57.6. The van der Waals surface area contributed by atoms with Crippen LogP contribution >= 0.6 is 0 Å². The molecule has 0 aliphatic heterocycles. The average molecular weight is 1160 g/mol. The van der Waals surface area contributed by atoms with E-state index in [0.29, 0.717) is 28.5 Å². The number of nitrogens with zero attached hydrogens (tertiary/aromatic N) is 4. The summed E-state index contributed by atoms with van der Waals surface area (Å²) in [5.74, 6) is -3.97. The Morgan fingerprint density at radius 1 is 0.388 bits per heavy atom. The van der Waals surface area contributed by atoms with Crippen LogP contribution in [0.1, 0.15) is 246 Å². The fourth-order valence-corrected chi connectivity index (χ4v) is 9.46. The molecule has 4 heterocycles. The van der Waals surface area contributed by atoms with E-state index in [1.165, 1.54) is 50.6 Å². The molecule has 6 N–H and O–H groups in total. The van der Waals surface area contributed by atoms with Gasteiger partial charge in [-0.05, 0) is 158 Å². The Hall–Kier alpha value is -8.52. The second kappa shape index (κ2) is 34.3. The van der Waals surface area contributed by atoms with Crippen molar-refractivity contribution in [2.75, 3.05) is 0 Å². The Kier molecular flexibility index (Phi) is 29.3. The third kappa shape index (κ3) is 20.9. The molecule has 0 atom stereocenters. The number of hydrogen-bond donors (Lipinski definition) is 6. The third-order valence-corrected chi connectivity index (χ3v) is 12.8. The Labute approximate surface area is 504 Å². The highest BCUT2D eigenvalue weighted by Crippen LogP contribution is 2.42. The minimum absolute atomic E-state index is 0.00574. The highest BCUT2D eigenvalue weighted by molar-refractivity contribution is 6.01. The first-order valence-electron chi connectivity index (χ1n) is 28.9. The summed E-state index contributed by atoms with van der Waals surface area (Å²) in [6.07, 6.45) is 14.7. The minimum Gasteiger partial charge on any atom is -0.508 e. The van der Waals surface area contributed by atoms with Gasteiger partial charge in [0.1, 0.15) is 17.1 Å². The molecule has 0 spiro atoms. The Morgan fingerprint density at radius 3 is 1.02 bits per heavy atom. The average Bonchev–Trinajstić information content (AvgIpc) is 1.25. The number of aromatic hydroxyl groups is 1. The highest BCUT2D eigenvalue weighted by atomic mass is 16.4. The molecule has 7 aromatic rings. The van der Waals surface area contributed by atoms with E-state index in [1.54, 1.807) is 87.1 Å². The van der Waals surface area contributed by atoms with Crippen LogP contribution in [0.2, 0.25) is 0 Å². The maximum atomic E-state index is 11.7. The molecule has 0 amide bonds. The van der Waals surface area contributed by atoms with Crippen LogP contribution in [-0.4, -0.2) is 74.5 Å². The number of phenols is 1. The predicted molar refractivity (Wildman–Crippen MR) is 345 cm³/mol. The molecular formula is C71H92N4O10. The number of aliphatic hydroxyl groups excluding tert-OH is 1. The van der Waals surface area contributed by atoms with Gasteiger partial charge in [0.05, 0.1) is 16.7 Å². The van der Waals surface area contributed by atoms with Crippen molar-refractivity contribution >= 4 is 29.6 Å². The molecule has 4 aromatic heterocycles. The van der Waals surface area contributed by atoms with E-state index in [-0.39, 0.29) is 68.4 Å². The molecule has 0 unspecified atom stereocenters. The number of pyridine rings is 4. The summed E-state index contributed by atoms with van der Waals surface area (Å²) in [7, 11) is 0. The first kappa shape index (κ1) is 72.6. The van der Waals surface area contributed by atoms with Crippen molar-refractivity contribution in [2.45, 2.75) is 167 Å². The standard InChI is InChI=1S/C22H24N2.C16H20O5.C15H20O5.C10H8N2.2C4H10/c1-15(2)19-11-20(16(3)4)22(18-8-6-10-24-14-18)12-21(19)17-7-5-9-23-13-17;1-7(2)12-10(9(5)17)6-11(15(18)19)13(8(3)4)14(12)16(20)21;1-6(2)9-8(5)11(14(17)18)10(7(3)4)13(16)12(9)15(19)20;1-5-11-6-2-9(1)10-3-7-12-8-4-10;2*1-4(2)3/h5-16H,1-4H3;6-8,17H,5H2,1-4H3,(H,18,19)(H,20,21);6-7,16H,1-5H3,(H,17,18)(H,19,20);1-8H;2*4H,1-3H3. The quantitative estimate of drug-likeness (QED) is 0.0555. The molecule has 0 aliphatic carbocycles. The van der Waals surface area contributed by atoms with Crippen LogP contribution in [0.15, 0.2) is 123 Å². The zero-order valence-electron chi connectivity index (χ0n) is 53.4. The number of hydrogen-bond acceptors (Lipinski definition) is 10. The predicted octanol–water partition coefficient (Wildman–Crippen LogP) is 18.7. The van der Waals surface area contributed by atoms with E-state index < -0.39 is 29.6 Å². The molecule has 3 aromatic carbocycles. The number of aliphatic hydroxyl groups is 1. The smallest absolute Gasteiger partial charge is 0.339 e. The van der Waals surface area contributed by atoms with E-state index >= 15 is 0 Å². The molecule has 0 aliphatic rings. The van der Waals surface area contributed by atoms with Crippen LogP contribution in [0.3, 0.4) is 0 Å². The molecule has 0 saturated carbocycles. The minimum atomic E-state index is -1.24. The van der Waals surface area contributed by atoms with Gasteiger partial charge in [-0.25, -0.2) is 19.2 Å². The maximum Gasteiger partial charge on any atom is 0.339 e. The SMILES string of the molecule is C=C(O)c1cc(C(=O)O)c(C(C)C)c(C(=O)O)c1C(C)C.CC(C)C.CC(C)C.CC(C)c1cc(C(C)C)c(-c2cccnc2)cc1-c1cccnc1.Cc1c(C(=O)O)c(C(C)C)c(O)c(C(=O)O)c1C(C)C.c1cc(-c2ccncc2)ccn1. The number of rotatable bonds is 14. The van der Waals surface area contributed by atoms with Gasteiger partial charge >= 0.3 is 23.9 Å². The number of benzene rings is 3. The Bertz CT molecular complexity index is 3090. The molecule has 14 heteroatoms. The number of carboxylic acid groups (broad SMARTS) is 4. The normalized spacial score (nSPS) is 10.7. The lowest BCUT2D eigenvalue weighted by Gasteiger charge is -2.22. The van der Waals surface area contributed by atoms with Crippen LogP contribution in [0.4, 0.5) is 0 Å². The van der Waals surface area contributed by atoms with Crippen LogP contribution in [0.5, 0.6) is 5.75 Å². The molecule has 456 valence electrons. The van der Waals surface area contributed by atoms with Gasteiger partial charge in [0, 0.05) is 71.8 Å². The van der Waals surface area contributed by atoms with Crippen molar-refractivity contribution < 1.29 is 49.8 Å². The van der Waals surface area contributed by atoms with Gasteiger partial charge in [0.25, 0.3) is 0 Å². The van der Waals surface area contributed by atoms with E-state index in [9.17, 15) is 49.8 Å². The molecule has 0 fully saturated rings.